The molecule has 0 aromatic rings. The van der Waals surface area contributed by atoms with Crippen LogP contribution in [0.5, 0.6) is 0 Å². The van der Waals surface area contributed by atoms with E-state index >= 15 is 0 Å². The minimum Gasteiger partial charge on any atom is -0.302 e. The molecule has 0 bridgehead atoms. The summed E-state index contributed by atoms with van der Waals surface area (Å²) in [5.41, 5.74) is 14.4. The normalized spacial score (nSPS) is 16.9. The molecule has 1 saturated carbocycles. The molecule has 0 aliphatic heterocycles. The Morgan fingerprint density at radius 3 is 0.898 bits per heavy atom. The zero-order valence-corrected chi connectivity index (χ0v) is 40.3. The summed E-state index contributed by atoms with van der Waals surface area (Å²) in [6.45, 7) is 19.6. The van der Waals surface area contributed by atoms with Crippen molar-refractivity contribution in [2.75, 3.05) is 6.61 Å². The number of rotatable bonds is 32. The molecule has 0 heterocycles. The first-order valence-electron chi connectivity index (χ1n) is 22.2. The van der Waals surface area contributed by atoms with Crippen LogP contribution in [0.2, 0.25) is 0 Å². The molecule has 1 unspecified atom stereocenters. The molecule has 59 heavy (non-hydrogen) atoms. The number of phosphoric acid groups is 2. The highest BCUT2D eigenvalue weighted by Gasteiger charge is 2.31. The van der Waals surface area contributed by atoms with Gasteiger partial charge in [0.05, 0.1) is 6.61 Å². The van der Waals surface area contributed by atoms with Crippen molar-refractivity contribution < 1.29 is 32.6 Å². The lowest BCUT2D eigenvalue weighted by Crippen LogP contribution is -1.94. The van der Waals surface area contributed by atoms with Gasteiger partial charge in [0, 0.05) is 0 Å². The van der Waals surface area contributed by atoms with E-state index in [2.05, 4.69) is 119 Å². The van der Waals surface area contributed by atoms with Crippen LogP contribution in [0.4, 0.5) is 0 Å². The minimum absolute atomic E-state index is 0.273. The van der Waals surface area contributed by atoms with Crippen LogP contribution >= 0.6 is 15.6 Å². The molecule has 0 radical (unpaired) electrons. The first-order valence-corrected chi connectivity index (χ1v) is 25.2. The maximum Gasteiger partial charge on any atom is 0.481 e. The molecule has 1 atom stereocenters. The number of hydrogen-bond acceptors (Lipinski definition) is 4. The van der Waals surface area contributed by atoms with Crippen LogP contribution in [-0.4, -0.2) is 21.3 Å². The predicted octanol–water partition coefficient (Wildman–Crippen LogP) is 16.5. The number of hydrogen-bond donors (Lipinski definition) is 3. The molecular formula is C50H82O7P2. The highest BCUT2D eigenvalue weighted by atomic mass is 31.3. The summed E-state index contributed by atoms with van der Waals surface area (Å²) in [7, 11) is -9.91. The fourth-order valence-electron chi connectivity index (χ4n) is 6.50. The number of allylic oxidation sites excluding steroid dienone is 19. The molecular weight excluding hydrogens is 774 g/mol. The molecule has 1 aliphatic rings. The van der Waals surface area contributed by atoms with E-state index in [0.29, 0.717) is 0 Å². The topological polar surface area (TPSA) is 113 Å². The van der Waals surface area contributed by atoms with Crippen LogP contribution < -0.4 is 0 Å². The van der Waals surface area contributed by atoms with Gasteiger partial charge in [0.15, 0.2) is 0 Å². The van der Waals surface area contributed by atoms with Gasteiger partial charge in [-0.2, -0.15) is 4.31 Å². The Morgan fingerprint density at radius 1 is 0.424 bits per heavy atom. The standard InChI is InChI=1S/C50H82O7P2/c1-41(19-10-20-42(2)23-12-24-44(4)27-14-28-46(6)31-16-32-48(8)35-18-36-50-37-38-50)21-11-22-43(3)25-13-26-45(5)29-15-30-47(7)33-17-34-49(9)39-40-56-59(54,55)57-58(51,52)53/h20-21,24-25,28-29,32-33,36,39H,10-19,22-23,26-27,30-31,34-35,37-38,40H2,1-9H3,(H,54,55)(H2,51,52,53)/b41-21+,42-20+,43-25+,44-24+,45-29+,46-28+,47-33+,48-32+,49-39+. The summed E-state index contributed by atoms with van der Waals surface area (Å²) in [4.78, 5) is 26.6. The Kier molecular flexibility index (Phi) is 29.2. The lowest BCUT2D eigenvalue weighted by molar-refractivity contribution is 0.191. The molecule has 0 spiro atoms. The predicted molar refractivity (Wildman–Crippen MR) is 253 cm³/mol. The molecule has 0 aromatic carbocycles. The molecule has 1 fully saturated rings. The summed E-state index contributed by atoms with van der Waals surface area (Å²) >= 11 is 0. The van der Waals surface area contributed by atoms with Crippen LogP contribution in [0, 0.1) is 0 Å². The first kappa shape index (κ1) is 54.7. The summed E-state index contributed by atoms with van der Waals surface area (Å²) in [5, 5.41) is 0. The fourth-order valence-corrected chi connectivity index (χ4v) is 8.03. The highest BCUT2D eigenvalue weighted by Crippen LogP contribution is 2.57. The van der Waals surface area contributed by atoms with E-state index in [1.165, 1.54) is 83.1 Å². The van der Waals surface area contributed by atoms with Crippen molar-refractivity contribution in [1.82, 2.24) is 0 Å². The number of phosphoric ester groups is 1. The third-order valence-electron chi connectivity index (χ3n) is 10.6. The Labute approximate surface area is 360 Å². The zero-order valence-electron chi connectivity index (χ0n) is 38.5. The lowest BCUT2D eigenvalue weighted by Gasteiger charge is -2.11. The van der Waals surface area contributed by atoms with E-state index in [1.54, 1.807) is 11.6 Å². The molecule has 1 rings (SSSR count). The van der Waals surface area contributed by atoms with Gasteiger partial charge in [-0.15, -0.1) is 0 Å². The fraction of sp³-hybridized carbons (Fsp3) is 0.600. The Morgan fingerprint density at radius 2 is 0.661 bits per heavy atom. The van der Waals surface area contributed by atoms with E-state index in [1.807, 2.05) is 6.92 Å². The minimum atomic E-state index is -5.11. The van der Waals surface area contributed by atoms with Crippen molar-refractivity contribution in [2.45, 2.75) is 191 Å². The summed E-state index contributed by atoms with van der Waals surface area (Å²) < 4.78 is 30.6. The quantitative estimate of drug-likeness (QED) is 0.0456. The monoisotopic (exact) mass is 857 g/mol. The van der Waals surface area contributed by atoms with Crippen molar-refractivity contribution in [1.29, 1.82) is 0 Å². The van der Waals surface area contributed by atoms with Gasteiger partial charge in [-0.1, -0.05) is 116 Å². The molecule has 9 heteroatoms. The van der Waals surface area contributed by atoms with E-state index in [4.69, 9.17) is 9.79 Å². The molecule has 0 saturated heterocycles. The van der Waals surface area contributed by atoms with E-state index in [-0.39, 0.29) is 6.61 Å². The van der Waals surface area contributed by atoms with Gasteiger partial charge in [0.1, 0.15) is 0 Å². The second kappa shape index (κ2) is 31.5. The largest absolute Gasteiger partial charge is 0.481 e. The summed E-state index contributed by atoms with van der Waals surface area (Å²) in [5.74, 6) is 0. The molecule has 1 aliphatic carbocycles. The van der Waals surface area contributed by atoms with Crippen molar-refractivity contribution in [3.05, 3.63) is 116 Å². The van der Waals surface area contributed by atoms with Gasteiger partial charge in [0.25, 0.3) is 0 Å². The van der Waals surface area contributed by atoms with Gasteiger partial charge in [0.2, 0.25) is 0 Å². The average Bonchev–Trinajstić information content (AvgIpc) is 3.95. The third kappa shape index (κ3) is 35.0. The maximum absolute atomic E-state index is 11.5. The smallest absolute Gasteiger partial charge is 0.302 e. The Bertz CT molecular complexity index is 1670. The third-order valence-corrected chi connectivity index (χ3v) is 12.8. The van der Waals surface area contributed by atoms with Crippen LogP contribution in [-0.2, 0) is 18.0 Å². The molecule has 334 valence electrons. The Hall–Kier alpha value is -2.34. The summed E-state index contributed by atoms with van der Waals surface area (Å²) in [6.07, 6.45) is 45.5. The summed E-state index contributed by atoms with van der Waals surface area (Å²) in [6, 6.07) is 0. The van der Waals surface area contributed by atoms with Crippen LogP contribution in [0.25, 0.3) is 0 Å². The SMILES string of the molecule is C/C(=C\CC/C(C)=C/CC/C(C)=C/CC/C(C)=C/CC/C(C)=C/CC/C(C)=C/CC/C(C)=C/CC/C(C)=C/CC/C(C)=C/COP(=O)(O)OP(=O)(O)O)CCC=C1CC1. The van der Waals surface area contributed by atoms with Gasteiger partial charge in [-0.05, 0) is 191 Å². The Balaban J connectivity index is 2.21. The average molecular weight is 857 g/mol. The van der Waals surface area contributed by atoms with E-state index in [9.17, 15) is 14.0 Å². The molecule has 3 N–H and O–H groups in total. The zero-order chi connectivity index (χ0) is 44.1. The first-order chi connectivity index (χ1) is 27.8. The molecule has 7 nitrogen and oxygen atoms in total. The highest BCUT2D eigenvalue weighted by molar-refractivity contribution is 7.60. The van der Waals surface area contributed by atoms with Gasteiger partial charge in [-0.3, -0.25) is 4.52 Å². The van der Waals surface area contributed by atoms with Crippen LogP contribution in [0.3, 0.4) is 0 Å². The lowest BCUT2D eigenvalue weighted by atomic mass is 10.0. The van der Waals surface area contributed by atoms with Crippen LogP contribution in [0.1, 0.15) is 191 Å². The van der Waals surface area contributed by atoms with E-state index in [0.717, 1.165) is 95.5 Å². The maximum atomic E-state index is 11.5. The second-order valence-corrected chi connectivity index (χ2v) is 19.8. The van der Waals surface area contributed by atoms with Crippen molar-refractivity contribution >= 4 is 15.6 Å². The van der Waals surface area contributed by atoms with Gasteiger partial charge >= 0.3 is 15.6 Å². The van der Waals surface area contributed by atoms with Gasteiger partial charge < -0.3 is 14.7 Å². The second-order valence-electron chi connectivity index (χ2n) is 17.0. The molecule has 0 amide bonds. The van der Waals surface area contributed by atoms with E-state index < -0.39 is 15.6 Å². The van der Waals surface area contributed by atoms with Crippen LogP contribution in [0.15, 0.2) is 116 Å². The van der Waals surface area contributed by atoms with Crippen molar-refractivity contribution in [2.24, 2.45) is 0 Å². The van der Waals surface area contributed by atoms with Crippen molar-refractivity contribution in [3.63, 3.8) is 0 Å². The van der Waals surface area contributed by atoms with Crippen molar-refractivity contribution in [3.8, 4) is 0 Å². The molecule has 0 aromatic heterocycles. The van der Waals surface area contributed by atoms with Gasteiger partial charge in [-0.25, -0.2) is 9.13 Å².